The molecule has 1 aromatic rings. The van der Waals surface area contributed by atoms with Crippen molar-refractivity contribution in [1.82, 2.24) is 5.32 Å². The van der Waals surface area contributed by atoms with E-state index in [0.29, 0.717) is 11.2 Å². The van der Waals surface area contributed by atoms with Crippen LogP contribution in [-0.4, -0.2) is 18.3 Å². The second-order valence-corrected chi connectivity index (χ2v) is 4.37. The minimum atomic E-state index is 0.561. The van der Waals surface area contributed by atoms with Crippen LogP contribution >= 0.6 is 12.2 Å². The van der Waals surface area contributed by atoms with Gasteiger partial charge in [-0.3, -0.25) is 0 Å². The van der Waals surface area contributed by atoms with Crippen molar-refractivity contribution >= 4 is 23.0 Å². The Labute approximate surface area is 101 Å². The van der Waals surface area contributed by atoms with Crippen LogP contribution in [0.25, 0.3) is 0 Å². The normalized spacial score (nSPS) is 15.1. The molecule has 0 aliphatic heterocycles. The van der Waals surface area contributed by atoms with Crippen LogP contribution in [-0.2, 0) is 0 Å². The first kappa shape index (κ1) is 11.2. The van der Waals surface area contributed by atoms with Crippen LogP contribution in [0.3, 0.4) is 0 Å². The van der Waals surface area contributed by atoms with Crippen molar-refractivity contribution in [3.05, 3.63) is 24.3 Å². The Kier molecular flexibility index (Phi) is 3.62. The van der Waals surface area contributed by atoms with Crippen LogP contribution in [0.15, 0.2) is 24.3 Å². The van der Waals surface area contributed by atoms with E-state index in [1.165, 1.54) is 19.3 Å². The molecule has 1 aromatic carbocycles. The monoisotopic (exact) mass is 236 g/mol. The molecule has 1 saturated carbocycles. The van der Waals surface area contributed by atoms with Gasteiger partial charge in [0.2, 0.25) is 0 Å². The smallest absolute Gasteiger partial charge is 0.170 e. The van der Waals surface area contributed by atoms with Gasteiger partial charge in [-0.05, 0) is 43.6 Å². The maximum absolute atomic E-state index is 5.23. The van der Waals surface area contributed by atoms with Crippen LogP contribution in [0.5, 0.6) is 5.75 Å². The first-order chi connectivity index (χ1) is 7.78. The molecule has 0 atom stereocenters. The quantitative estimate of drug-likeness (QED) is 0.790. The molecule has 0 aromatic heterocycles. The zero-order chi connectivity index (χ0) is 11.4. The molecule has 0 heterocycles. The second-order valence-electron chi connectivity index (χ2n) is 3.96. The molecule has 86 valence electrons. The molecule has 0 amide bonds. The summed E-state index contributed by atoms with van der Waals surface area (Å²) in [6, 6.07) is 8.30. The first-order valence-electron chi connectivity index (χ1n) is 5.49. The average Bonchev–Trinajstić information content (AvgIpc) is 2.24. The summed E-state index contributed by atoms with van der Waals surface area (Å²) >= 11 is 5.23. The fraction of sp³-hybridized carbons (Fsp3) is 0.417. The van der Waals surface area contributed by atoms with Gasteiger partial charge in [-0.15, -0.1) is 0 Å². The molecule has 0 spiro atoms. The molecule has 3 nitrogen and oxygen atoms in total. The van der Waals surface area contributed by atoms with E-state index in [-0.39, 0.29) is 0 Å². The van der Waals surface area contributed by atoms with E-state index in [0.717, 1.165) is 11.4 Å². The Hall–Kier alpha value is -1.29. The number of hydrogen-bond donors (Lipinski definition) is 2. The lowest BCUT2D eigenvalue weighted by Crippen LogP contribution is -2.41. The number of anilines is 1. The third kappa shape index (κ3) is 2.85. The van der Waals surface area contributed by atoms with Crippen LogP contribution < -0.4 is 15.4 Å². The van der Waals surface area contributed by atoms with Gasteiger partial charge < -0.3 is 15.4 Å². The highest BCUT2D eigenvalue weighted by molar-refractivity contribution is 7.80. The van der Waals surface area contributed by atoms with Crippen LogP contribution in [0.2, 0.25) is 0 Å². The van der Waals surface area contributed by atoms with Gasteiger partial charge in [0.25, 0.3) is 0 Å². The lowest BCUT2D eigenvalue weighted by atomic mass is 9.93. The molecule has 1 aliphatic rings. The van der Waals surface area contributed by atoms with E-state index in [2.05, 4.69) is 10.6 Å². The summed E-state index contributed by atoms with van der Waals surface area (Å²) in [5.74, 6) is 0.830. The third-order valence-corrected chi connectivity index (χ3v) is 2.99. The minimum Gasteiger partial charge on any atom is -0.497 e. The van der Waals surface area contributed by atoms with Crippen molar-refractivity contribution in [3.8, 4) is 5.75 Å². The van der Waals surface area contributed by atoms with Crippen molar-refractivity contribution in [2.24, 2.45) is 0 Å². The number of thiocarbonyl (C=S) groups is 1. The zero-order valence-corrected chi connectivity index (χ0v) is 10.1. The third-order valence-electron chi connectivity index (χ3n) is 2.77. The molecule has 0 saturated heterocycles. The lowest BCUT2D eigenvalue weighted by Gasteiger charge is -2.27. The molecule has 2 N–H and O–H groups in total. The zero-order valence-electron chi connectivity index (χ0n) is 9.32. The van der Waals surface area contributed by atoms with Crippen molar-refractivity contribution in [3.63, 3.8) is 0 Å². The van der Waals surface area contributed by atoms with E-state index in [1.54, 1.807) is 7.11 Å². The van der Waals surface area contributed by atoms with Crippen molar-refractivity contribution in [2.45, 2.75) is 25.3 Å². The Bertz CT molecular complexity index is 377. The summed E-state index contributed by atoms with van der Waals surface area (Å²) in [6.45, 7) is 0. The van der Waals surface area contributed by atoms with Gasteiger partial charge in [0, 0.05) is 17.8 Å². The van der Waals surface area contributed by atoms with E-state index in [1.807, 2.05) is 24.3 Å². The Morgan fingerprint density at radius 3 is 2.88 bits per heavy atom. The Balaban J connectivity index is 1.89. The molecule has 4 heteroatoms. The highest BCUT2D eigenvalue weighted by Gasteiger charge is 2.17. The number of methoxy groups -OCH3 is 1. The minimum absolute atomic E-state index is 0.561. The maximum atomic E-state index is 5.23. The van der Waals surface area contributed by atoms with Gasteiger partial charge in [0.15, 0.2) is 5.11 Å². The molecular weight excluding hydrogens is 220 g/mol. The number of benzene rings is 1. The number of rotatable bonds is 3. The van der Waals surface area contributed by atoms with Crippen molar-refractivity contribution < 1.29 is 4.74 Å². The van der Waals surface area contributed by atoms with Crippen molar-refractivity contribution in [1.29, 1.82) is 0 Å². The van der Waals surface area contributed by atoms with Crippen LogP contribution in [0, 0.1) is 0 Å². The first-order valence-corrected chi connectivity index (χ1v) is 5.90. The molecule has 1 fully saturated rings. The van der Waals surface area contributed by atoms with Gasteiger partial charge >= 0.3 is 0 Å². The van der Waals surface area contributed by atoms with E-state index in [9.17, 15) is 0 Å². The highest BCUT2D eigenvalue weighted by atomic mass is 32.1. The summed E-state index contributed by atoms with van der Waals surface area (Å²) in [7, 11) is 1.66. The predicted octanol–water partition coefficient (Wildman–Crippen LogP) is 2.53. The van der Waals surface area contributed by atoms with E-state index < -0.39 is 0 Å². The number of nitrogens with one attached hydrogen (secondary N) is 2. The SMILES string of the molecule is COc1cccc(NC(=S)NC2CCC2)c1. The van der Waals surface area contributed by atoms with Gasteiger partial charge in [-0.1, -0.05) is 6.07 Å². The molecule has 0 unspecified atom stereocenters. The molecule has 0 radical (unpaired) electrons. The summed E-state index contributed by atoms with van der Waals surface area (Å²) in [6.07, 6.45) is 3.75. The second kappa shape index (κ2) is 5.16. The van der Waals surface area contributed by atoms with Crippen LogP contribution in [0.1, 0.15) is 19.3 Å². The molecule has 2 rings (SSSR count). The van der Waals surface area contributed by atoms with Gasteiger partial charge in [-0.25, -0.2) is 0 Å². The van der Waals surface area contributed by atoms with Gasteiger partial charge in [0.1, 0.15) is 5.75 Å². The summed E-state index contributed by atoms with van der Waals surface area (Å²) in [5.41, 5.74) is 0.955. The molecular formula is C12H16N2OS. The summed E-state index contributed by atoms with van der Waals surface area (Å²) in [5, 5.41) is 7.13. The molecule has 0 bridgehead atoms. The fourth-order valence-electron chi connectivity index (χ4n) is 1.61. The maximum Gasteiger partial charge on any atom is 0.170 e. The topological polar surface area (TPSA) is 33.3 Å². The molecule has 1 aliphatic carbocycles. The van der Waals surface area contributed by atoms with E-state index >= 15 is 0 Å². The number of hydrogen-bond acceptors (Lipinski definition) is 2. The predicted molar refractivity (Wildman–Crippen MR) is 70.0 cm³/mol. The summed E-state index contributed by atoms with van der Waals surface area (Å²) in [4.78, 5) is 0. The summed E-state index contributed by atoms with van der Waals surface area (Å²) < 4.78 is 5.15. The molecule has 16 heavy (non-hydrogen) atoms. The average molecular weight is 236 g/mol. The Morgan fingerprint density at radius 2 is 2.25 bits per heavy atom. The largest absolute Gasteiger partial charge is 0.497 e. The Morgan fingerprint density at radius 1 is 1.44 bits per heavy atom. The van der Waals surface area contributed by atoms with Gasteiger partial charge in [-0.2, -0.15) is 0 Å². The van der Waals surface area contributed by atoms with E-state index in [4.69, 9.17) is 17.0 Å². The van der Waals surface area contributed by atoms with Crippen LogP contribution in [0.4, 0.5) is 5.69 Å². The lowest BCUT2D eigenvalue weighted by molar-refractivity contribution is 0.385. The van der Waals surface area contributed by atoms with Crippen molar-refractivity contribution in [2.75, 3.05) is 12.4 Å². The number of ether oxygens (including phenoxy) is 1. The fourth-order valence-corrected chi connectivity index (χ4v) is 1.89. The highest BCUT2D eigenvalue weighted by Crippen LogP contribution is 2.19. The van der Waals surface area contributed by atoms with Gasteiger partial charge in [0.05, 0.1) is 7.11 Å². The standard InChI is InChI=1S/C12H16N2OS/c1-15-11-7-3-6-10(8-11)14-12(16)13-9-4-2-5-9/h3,6-9H,2,4-5H2,1H3,(H2,13,14,16).